The third-order valence-corrected chi connectivity index (χ3v) is 4.31. The van der Waals surface area contributed by atoms with Gasteiger partial charge < -0.3 is 10.5 Å². The van der Waals surface area contributed by atoms with Gasteiger partial charge >= 0.3 is 0 Å². The Morgan fingerprint density at radius 3 is 2.50 bits per heavy atom. The fourth-order valence-corrected chi connectivity index (χ4v) is 2.93. The molecule has 2 rings (SSSR count). The molecule has 0 bridgehead atoms. The Morgan fingerprint density at radius 1 is 1.22 bits per heavy atom. The van der Waals surface area contributed by atoms with Crippen molar-refractivity contribution in [3.63, 3.8) is 0 Å². The van der Waals surface area contributed by atoms with Crippen LogP contribution in [0.2, 0.25) is 0 Å². The van der Waals surface area contributed by atoms with Crippen molar-refractivity contribution < 1.29 is 4.74 Å². The van der Waals surface area contributed by atoms with Crippen LogP contribution >= 0.6 is 15.9 Å². The average Bonchev–Trinajstić information content (AvgIpc) is 2.41. The highest BCUT2D eigenvalue weighted by molar-refractivity contribution is 9.10. The summed E-state index contributed by atoms with van der Waals surface area (Å²) in [6.07, 6.45) is 4.75. The van der Waals surface area contributed by atoms with Gasteiger partial charge in [0.05, 0.1) is 0 Å². The lowest BCUT2D eigenvalue weighted by Gasteiger charge is -2.26. The fraction of sp³-hybridized carbons (Fsp3) is 0.600. The van der Waals surface area contributed by atoms with Crippen LogP contribution < -0.4 is 5.73 Å². The maximum absolute atomic E-state index is 5.93. The highest BCUT2D eigenvalue weighted by atomic mass is 79.9. The first kappa shape index (κ1) is 14.0. The van der Waals surface area contributed by atoms with Crippen molar-refractivity contribution in [3.8, 4) is 0 Å². The Kier molecular flexibility index (Phi) is 5.67. The van der Waals surface area contributed by atoms with Crippen LogP contribution in [0, 0.1) is 11.8 Å². The van der Waals surface area contributed by atoms with Crippen LogP contribution in [-0.2, 0) is 11.2 Å². The molecule has 0 saturated carbocycles. The highest BCUT2D eigenvalue weighted by Crippen LogP contribution is 2.25. The lowest BCUT2D eigenvalue weighted by atomic mass is 9.85. The van der Waals surface area contributed by atoms with Gasteiger partial charge in [-0.05, 0) is 61.8 Å². The highest BCUT2D eigenvalue weighted by Gasteiger charge is 2.18. The predicted octanol–water partition coefficient (Wildman–Crippen LogP) is 3.38. The van der Waals surface area contributed by atoms with E-state index < -0.39 is 0 Å². The van der Waals surface area contributed by atoms with E-state index in [1.165, 1.54) is 24.8 Å². The van der Waals surface area contributed by atoms with Gasteiger partial charge in [0.15, 0.2) is 0 Å². The predicted molar refractivity (Wildman–Crippen MR) is 78.6 cm³/mol. The molecule has 3 heteroatoms. The number of hydrogen-bond donors (Lipinski definition) is 1. The first-order valence-electron chi connectivity index (χ1n) is 6.80. The summed E-state index contributed by atoms with van der Waals surface area (Å²) in [5.41, 5.74) is 7.32. The molecular weight excluding hydrogens is 290 g/mol. The lowest BCUT2D eigenvalue weighted by molar-refractivity contribution is 0.0589. The van der Waals surface area contributed by atoms with E-state index in [4.69, 9.17) is 10.5 Å². The molecule has 0 aromatic heterocycles. The van der Waals surface area contributed by atoms with E-state index in [-0.39, 0.29) is 0 Å². The number of ether oxygens (including phenoxy) is 1. The third-order valence-electron chi connectivity index (χ3n) is 3.78. The summed E-state index contributed by atoms with van der Waals surface area (Å²) in [5, 5.41) is 0. The molecule has 1 aromatic carbocycles. The number of nitrogens with two attached hydrogens (primary N) is 1. The summed E-state index contributed by atoms with van der Waals surface area (Å²) in [6.45, 7) is 2.65. The molecule has 1 heterocycles. The van der Waals surface area contributed by atoms with Crippen LogP contribution in [0.1, 0.15) is 24.8 Å². The summed E-state index contributed by atoms with van der Waals surface area (Å²) >= 11 is 3.47. The number of benzene rings is 1. The summed E-state index contributed by atoms with van der Waals surface area (Å²) in [7, 11) is 0. The van der Waals surface area contributed by atoms with E-state index in [2.05, 4.69) is 40.2 Å². The molecular formula is C15H22BrNO. The van der Waals surface area contributed by atoms with Crippen molar-refractivity contribution in [2.45, 2.75) is 25.7 Å². The van der Waals surface area contributed by atoms with Gasteiger partial charge in [-0.1, -0.05) is 28.1 Å². The Balaban J connectivity index is 1.86. The topological polar surface area (TPSA) is 35.2 Å². The SMILES string of the molecule is NCC(Cc1ccc(Br)cc1)CC1CCOCC1. The second-order valence-electron chi connectivity index (χ2n) is 5.22. The summed E-state index contributed by atoms with van der Waals surface area (Å²) in [4.78, 5) is 0. The molecule has 0 amide bonds. The number of rotatable bonds is 5. The molecule has 2 nitrogen and oxygen atoms in total. The minimum atomic E-state index is 0.606. The van der Waals surface area contributed by atoms with E-state index in [9.17, 15) is 0 Å². The van der Waals surface area contributed by atoms with E-state index in [1.54, 1.807) is 0 Å². The smallest absolute Gasteiger partial charge is 0.0468 e. The van der Waals surface area contributed by atoms with Gasteiger partial charge in [-0.25, -0.2) is 0 Å². The van der Waals surface area contributed by atoms with E-state index >= 15 is 0 Å². The molecule has 1 aliphatic heterocycles. The molecule has 0 aliphatic carbocycles. The van der Waals surface area contributed by atoms with Crippen LogP contribution in [0.15, 0.2) is 28.7 Å². The Hall–Kier alpha value is -0.380. The molecule has 2 N–H and O–H groups in total. The van der Waals surface area contributed by atoms with Gasteiger partial charge in [-0.2, -0.15) is 0 Å². The lowest BCUT2D eigenvalue weighted by Crippen LogP contribution is -2.24. The van der Waals surface area contributed by atoms with E-state index in [0.717, 1.165) is 36.6 Å². The van der Waals surface area contributed by atoms with Gasteiger partial charge in [0.1, 0.15) is 0 Å². The quantitative estimate of drug-likeness (QED) is 0.904. The standard InChI is InChI=1S/C15H22BrNO/c16-15-3-1-12(2-4-15)9-14(11-17)10-13-5-7-18-8-6-13/h1-4,13-14H,5-11,17H2. The van der Waals surface area contributed by atoms with Crippen molar-refractivity contribution in [1.29, 1.82) is 0 Å². The van der Waals surface area contributed by atoms with Crippen molar-refractivity contribution in [1.82, 2.24) is 0 Å². The van der Waals surface area contributed by atoms with Gasteiger partial charge in [0.25, 0.3) is 0 Å². The average molecular weight is 312 g/mol. The molecule has 1 aliphatic rings. The van der Waals surface area contributed by atoms with Gasteiger partial charge in [-0.3, -0.25) is 0 Å². The molecule has 1 atom stereocenters. The molecule has 1 fully saturated rings. The van der Waals surface area contributed by atoms with Gasteiger partial charge in [-0.15, -0.1) is 0 Å². The first-order valence-corrected chi connectivity index (χ1v) is 7.59. The van der Waals surface area contributed by atoms with Crippen molar-refractivity contribution in [2.24, 2.45) is 17.6 Å². The summed E-state index contributed by atoms with van der Waals surface area (Å²) < 4.78 is 6.55. The van der Waals surface area contributed by atoms with Crippen LogP contribution in [0.25, 0.3) is 0 Å². The minimum absolute atomic E-state index is 0.606. The zero-order valence-corrected chi connectivity index (χ0v) is 12.4. The Bertz CT molecular complexity index is 346. The second kappa shape index (κ2) is 7.27. The van der Waals surface area contributed by atoms with Gasteiger partial charge in [0.2, 0.25) is 0 Å². The van der Waals surface area contributed by atoms with Crippen LogP contribution in [0.3, 0.4) is 0 Å². The third kappa shape index (κ3) is 4.38. The second-order valence-corrected chi connectivity index (χ2v) is 6.14. The van der Waals surface area contributed by atoms with Crippen LogP contribution in [0.5, 0.6) is 0 Å². The van der Waals surface area contributed by atoms with E-state index in [1.807, 2.05) is 0 Å². The largest absolute Gasteiger partial charge is 0.381 e. The molecule has 18 heavy (non-hydrogen) atoms. The molecule has 0 radical (unpaired) electrons. The fourth-order valence-electron chi connectivity index (χ4n) is 2.67. The van der Waals surface area contributed by atoms with Crippen LogP contribution in [0.4, 0.5) is 0 Å². The zero-order chi connectivity index (χ0) is 12.8. The normalized spacial score (nSPS) is 18.8. The number of hydrogen-bond acceptors (Lipinski definition) is 2. The molecule has 1 saturated heterocycles. The Labute approximate surface area is 118 Å². The maximum Gasteiger partial charge on any atom is 0.0468 e. The molecule has 0 spiro atoms. The summed E-state index contributed by atoms with van der Waals surface area (Å²) in [5.74, 6) is 1.41. The Morgan fingerprint density at radius 2 is 1.89 bits per heavy atom. The first-order chi connectivity index (χ1) is 8.78. The minimum Gasteiger partial charge on any atom is -0.381 e. The van der Waals surface area contributed by atoms with Crippen LogP contribution in [-0.4, -0.2) is 19.8 Å². The van der Waals surface area contributed by atoms with Crippen molar-refractivity contribution in [3.05, 3.63) is 34.3 Å². The maximum atomic E-state index is 5.93. The van der Waals surface area contributed by atoms with E-state index in [0.29, 0.717) is 5.92 Å². The summed E-state index contributed by atoms with van der Waals surface area (Å²) in [6, 6.07) is 8.60. The van der Waals surface area contributed by atoms with Crippen molar-refractivity contribution >= 4 is 15.9 Å². The molecule has 100 valence electrons. The van der Waals surface area contributed by atoms with Crippen molar-refractivity contribution in [2.75, 3.05) is 19.8 Å². The molecule has 1 aromatic rings. The zero-order valence-electron chi connectivity index (χ0n) is 10.8. The number of halogens is 1. The molecule has 1 unspecified atom stereocenters. The monoisotopic (exact) mass is 311 g/mol. The van der Waals surface area contributed by atoms with Gasteiger partial charge in [0, 0.05) is 17.7 Å².